The van der Waals surface area contributed by atoms with Crippen LogP contribution in [0.5, 0.6) is 5.75 Å². The fourth-order valence-electron chi connectivity index (χ4n) is 3.81. The van der Waals surface area contributed by atoms with Crippen LogP contribution in [0, 0.1) is 0 Å². The summed E-state index contributed by atoms with van der Waals surface area (Å²) in [4.78, 5) is 28.0. The highest BCUT2D eigenvalue weighted by Crippen LogP contribution is 2.29. The van der Waals surface area contributed by atoms with Gasteiger partial charge in [-0.25, -0.2) is 4.68 Å². The van der Waals surface area contributed by atoms with Gasteiger partial charge in [-0.15, -0.1) is 0 Å². The summed E-state index contributed by atoms with van der Waals surface area (Å²) in [5, 5.41) is 8.98. The molecule has 0 aliphatic heterocycles. The zero-order chi connectivity index (χ0) is 28.9. The normalized spacial score (nSPS) is 11.2. The maximum atomic E-state index is 13.3. The molecule has 10 heteroatoms. The average Bonchev–Trinajstić information content (AvgIpc) is 3.34. The fraction of sp³-hybridized carbons (Fsp3) is 0.233. The van der Waals surface area contributed by atoms with Crippen molar-refractivity contribution in [1.29, 1.82) is 0 Å². The number of aromatic nitrogens is 2. The lowest BCUT2D eigenvalue weighted by Crippen LogP contribution is -2.40. The van der Waals surface area contributed by atoms with Crippen molar-refractivity contribution < 1.29 is 14.3 Å². The number of carbonyl (C=O) groups excluding carboxylic acids is 2. The van der Waals surface area contributed by atoms with Crippen LogP contribution in [0.15, 0.2) is 78.9 Å². The lowest BCUT2D eigenvalue weighted by molar-refractivity contribution is -0.137. The maximum absolute atomic E-state index is 13.3. The Kier molecular flexibility index (Phi) is 9.40. The van der Waals surface area contributed by atoms with Gasteiger partial charge in [0.2, 0.25) is 5.91 Å². The number of benzene rings is 3. The monoisotopic (exact) mass is 598 g/mol. The minimum Gasteiger partial charge on any atom is -0.484 e. The molecular formula is C30H29Cl3N4O3. The molecule has 0 saturated carbocycles. The predicted molar refractivity (Wildman–Crippen MR) is 160 cm³/mol. The third-order valence-corrected chi connectivity index (χ3v) is 6.96. The molecule has 0 aliphatic carbocycles. The smallest absolute Gasteiger partial charge is 0.261 e. The molecule has 1 heterocycles. The molecule has 0 saturated heterocycles. The molecule has 0 bridgehead atoms. The first-order valence-electron chi connectivity index (χ1n) is 12.6. The van der Waals surface area contributed by atoms with E-state index < -0.39 is 5.91 Å². The highest BCUT2D eigenvalue weighted by Gasteiger charge is 2.24. The lowest BCUT2D eigenvalue weighted by atomic mass is 9.92. The molecule has 0 radical (unpaired) electrons. The van der Waals surface area contributed by atoms with E-state index in [1.165, 1.54) is 4.90 Å². The molecule has 0 fully saturated rings. The number of rotatable bonds is 9. The average molecular weight is 600 g/mol. The van der Waals surface area contributed by atoms with Crippen molar-refractivity contribution in [3.8, 4) is 11.4 Å². The number of hydrogen-bond donors (Lipinski definition) is 1. The Hall–Kier alpha value is -3.52. The third-order valence-electron chi connectivity index (χ3n) is 5.97. The van der Waals surface area contributed by atoms with Crippen molar-refractivity contribution in [1.82, 2.24) is 14.7 Å². The van der Waals surface area contributed by atoms with E-state index in [2.05, 4.69) is 5.32 Å². The molecule has 40 heavy (non-hydrogen) atoms. The van der Waals surface area contributed by atoms with Crippen LogP contribution in [0.3, 0.4) is 0 Å². The Morgan fingerprint density at radius 3 is 2.27 bits per heavy atom. The molecule has 2 amide bonds. The molecular weight excluding hydrogens is 571 g/mol. The predicted octanol–water partition coefficient (Wildman–Crippen LogP) is 7.18. The number of nitrogens with one attached hydrogen (secondary N) is 1. The molecule has 4 aromatic rings. The van der Waals surface area contributed by atoms with Crippen molar-refractivity contribution in [3.05, 3.63) is 105 Å². The van der Waals surface area contributed by atoms with Crippen LogP contribution in [-0.2, 0) is 21.5 Å². The van der Waals surface area contributed by atoms with E-state index in [0.717, 1.165) is 11.3 Å². The van der Waals surface area contributed by atoms with Gasteiger partial charge in [-0.05, 0) is 48.0 Å². The van der Waals surface area contributed by atoms with Gasteiger partial charge >= 0.3 is 0 Å². The maximum Gasteiger partial charge on any atom is 0.261 e. The Balaban J connectivity index is 1.55. The Labute approximate surface area is 248 Å². The number of anilines is 1. The van der Waals surface area contributed by atoms with Gasteiger partial charge in [-0.3, -0.25) is 9.59 Å². The fourth-order valence-corrected chi connectivity index (χ4v) is 4.23. The van der Waals surface area contributed by atoms with E-state index in [1.54, 1.807) is 47.1 Å². The summed E-state index contributed by atoms with van der Waals surface area (Å²) in [5.74, 6) is 0.208. The van der Waals surface area contributed by atoms with Crippen molar-refractivity contribution >= 4 is 52.4 Å². The zero-order valence-corrected chi connectivity index (χ0v) is 24.6. The van der Waals surface area contributed by atoms with Gasteiger partial charge in [0, 0.05) is 23.0 Å². The molecule has 3 aromatic carbocycles. The number of ether oxygens (including phenoxy) is 1. The third kappa shape index (κ3) is 7.78. The lowest BCUT2D eigenvalue weighted by Gasteiger charge is -2.22. The summed E-state index contributed by atoms with van der Waals surface area (Å²) in [6, 6.07) is 23.1. The summed E-state index contributed by atoms with van der Waals surface area (Å²) in [7, 11) is 0. The van der Waals surface area contributed by atoms with Crippen LogP contribution < -0.4 is 10.1 Å². The van der Waals surface area contributed by atoms with Gasteiger partial charge in [0.05, 0.1) is 21.4 Å². The molecule has 0 spiro atoms. The Morgan fingerprint density at radius 1 is 0.925 bits per heavy atom. The van der Waals surface area contributed by atoms with E-state index in [-0.39, 0.29) is 31.0 Å². The molecule has 0 unspecified atom stereocenters. The van der Waals surface area contributed by atoms with Gasteiger partial charge in [0.25, 0.3) is 5.91 Å². The molecule has 7 nitrogen and oxygen atoms in total. The van der Waals surface area contributed by atoms with Crippen molar-refractivity contribution in [2.45, 2.75) is 32.7 Å². The van der Waals surface area contributed by atoms with Gasteiger partial charge in [-0.2, -0.15) is 5.10 Å². The van der Waals surface area contributed by atoms with Crippen LogP contribution in [0.2, 0.25) is 15.1 Å². The van der Waals surface area contributed by atoms with Gasteiger partial charge in [0.1, 0.15) is 18.1 Å². The van der Waals surface area contributed by atoms with Crippen LogP contribution in [-0.4, -0.2) is 39.6 Å². The standard InChI is InChI=1S/C30H29Cl3N4O3/c1-30(2,3)26-16-27(37(35-26)22-11-14-24(32)25(33)15-22)34-28(38)18-36(17-20-7-5-4-6-8-20)29(39)19-40-23-12-9-21(31)10-13-23/h4-16H,17-19H2,1-3H3,(H,34,38). The van der Waals surface area contributed by atoms with Crippen LogP contribution >= 0.6 is 34.8 Å². The molecule has 0 aliphatic rings. The molecule has 0 atom stereocenters. The molecule has 208 valence electrons. The van der Waals surface area contributed by atoms with Crippen molar-refractivity contribution in [2.24, 2.45) is 0 Å². The Bertz CT molecular complexity index is 1480. The number of carbonyl (C=O) groups is 2. The largest absolute Gasteiger partial charge is 0.484 e. The first-order valence-corrected chi connectivity index (χ1v) is 13.7. The summed E-state index contributed by atoms with van der Waals surface area (Å²) < 4.78 is 7.27. The summed E-state index contributed by atoms with van der Waals surface area (Å²) >= 11 is 18.3. The minimum absolute atomic E-state index is 0.199. The minimum atomic E-state index is -0.391. The van der Waals surface area contributed by atoms with Crippen LogP contribution in [0.4, 0.5) is 5.82 Å². The van der Waals surface area contributed by atoms with Gasteiger partial charge in [0.15, 0.2) is 6.61 Å². The van der Waals surface area contributed by atoms with E-state index in [4.69, 9.17) is 44.6 Å². The van der Waals surface area contributed by atoms with E-state index in [9.17, 15) is 9.59 Å². The number of amides is 2. The van der Waals surface area contributed by atoms with Crippen LogP contribution in [0.1, 0.15) is 32.0 Å². The van der Waals surface area contributed by atoms with E-state index >= 15 is 0 Å². The highest BCUT2D eigenvalue weighted by atomic mass is 35.5. The van der Waals surface area contributed by atoms with Crippen LogP contribution in [0.25, 0.3) is 5.69 Å². The molecule has 4 rings (SSSR count). The Morgan fingerprint density at radius 2 is 1.62 bits per heavy atom. The number of halogens is 3. The first-order chi connectivity index (χ1) is 19.0. The number of nitrogens with zero attached hydrogens (tertiary/aromatic N) is 3. The second-order valence-electron chi connectivity index (χ2n) is 10.2. The number of hydrogen-bond acceptors (Lipinski definition) is 4. The zero-order valence-electron chi connectivity index (χ0n) is 22.3. The second-order valence-corrected chi connectivity index (χ2v) is 11.5. The summed E-state index contributed by atoms with van der Waals surface area (Å²) in [6.07, 6.45) is 0. The SMILES string of the molecule is CC(C)(C)c1cc(NC(=O)CN(Cc2ccccc2)C(=O)COc2ccc(Cl)cc2)n(-c2ccc(Cl)c(Cl)c2)n1. The van der Waals surface area contributed by atoms with Crippen molar-refractivity contribution in [2.75, 3.05) is 18.5 Å². The van der Waals surface area contributed by atoms with Gasteiger partial charge < -0.3 is 15.0 Å². The van der Waals surface area contributed by atoms with Gasteiger partial charge in [-0.1, -0.05) is 85.9 Å². The second kappa shape index (κ2) is 12.8. The first kappa shape index (κ1) is 29.5. The quantitative estimate of drug-likeness (QED) is 0.221. The van der Waals surface area contributed by atoms with E-state index in [1.807, 2.05) is 57.2 Å². The van der Waals surface area contributed by atoms with E-state index in [0.29, 0.717) is 32.3 Å². The summed E-state index contributed by atoms with van der Waals surface area (Å²) in [6.45, 7) is 5.88. The summed E-state index contributed by atoms with van der Waals surface area (Å²) in [5.41, 5.74) is 2.00. The topological polar surface area (TPSA) is 76.5 Å². The molecule has 1 N–H and O–H groups in total. The molecule has 1 aromatic heterocycles. The van der Waals surface area contributed by atoms with Crippen molar-refractivity contribution in [3.63, 3.8) is 0 Å². The highest BCUT2D eigenvalue weighted by molar-refractivity contribution is 6.42.